The van der Waals surface area contributed by atoms with E-state index < -0.39 is 42.8 Å². The summed E-state index contributed by atoms with van der Waals surface area (Å²) in [4.78, 5) is 39.2. The lowest BCUT2D eigenvalue weighted by Crippen LogP contribution is -2.56. The van der Waals surface area contributed by atoms with Crippen molar-refractivity contribution in [2.75, 3.05) is 37.7 Å². The number of carbonyl (C=O) groups is 2. The summed E-state index contributed by atoms with van der Waals surface area (Å²) in [6.07, 6.45) is 3.29. The van der Waals surface area contributed by atoms with Crippen LogP contribution in [0.5, 0.6) is 0 Å². The van der Waals surface area contributed by atoms with Gasteiger partial charge < -0.3 is 30.7 Å². The fourth-order valence-electron chi connectivity index (χ4n) is 5.67. The second-order valence-electron chi connectivity index (χ2n) is 10.4. The number of anilines is 1. The molecule has 1 saturated heterocycles. The van der Waals surface area contributed by atoms with Gasteiger partial charge in [0.25, 0.3) is 5.91 Å². The molecule has 1 aliphatic heterocycles. The molecule has 2 saturated carbocycles. The van der Waals surface area contributed by atoms with Crippen LogP contribution in [0.4, 0.5) is 14.6 Å². The standard InChI is InChI=1S/C23H30F2N6O4/c24-23(25)8-21(9-23,12-32)10-28-20(35)16(33)7-27-19(34)15-2-6-31(11-22(15)3-4-22)18-14-1-5-26-17(14)29-13-30-18/h1,5,13,15-16,32-33H,2-4,6-12H2,(H,27,34)(H,28,35)(H,26,29,30)/t15?,16-/m1/s1. The van der Waals surface area contributed by atoms with Gasteiger partial charge >= 0.3 is 0 Å². The topological polar surface area (TPSA) is 143 Å². The lowest BCUT2D eigenvalue weighted by Gasteiger charge is -2.46. The number of nitrogens with one attached hydrogen (secondary N) is 3. The van der Waals surface area contributed by atoms with Crippen molar-refractivity contribution in [3.63, 3.8) is 0 Å². The van der Waals surface area contributed by atoms with Crippen LogP contribution in [-0.4, -0.2) is 81.8 Å². The summed E-state index contributed by atoms with van der Waals surface area (Å²) in [5.41, 5.74) is -0.459. The Labute approximate surface area is 200 Å². The zero-order valence-electron chi connectivity index (χ0n) is 19.3. The molecule has 2 atom stereocenters. The highest BCUT2D eigenvalue weighted by molar-refractivity contribution is 5.88. The number of fused-ring (bicyclic) bond motifs is 1. The number of halogens is 2. The first-order valence-electron chi connectivity index (χ1n) is 11.9. The number of hydrogen-bond donors (Lipinski definition) is 5. The summed E-state index contributed by atoms with van der Waals surface area (Å²) >= 11 is 0. The van der Waals surface area contributed by atoms with Crippen LogP contribution in [0.3, 0.4) is 0 Å². The SMILES string of the molecule is O=C(NC[C@@H](O)C(=O)NCC1(CO)CC(F)(F)C1)C1CCN(c2ncnc3[nH]ccc23)CC12CC2. The van der Waals surface area contributed by atoms with E-state index in [1.807, 2.05) is 12.3 Å². The Bertz CT molecular complexity index is 1110. The van der Waals surface area contributed by atoms with E-state index in [2.05, 4.69) is 30.5 Å². The highest BCUT2D eigenvalue weighted by Gasteiger charge is 2.57. The van der Waals surface area contributed by atoms with Gasteiger partial charge in [0.1, 0.15) is 23.9 Å². The lowest BCUT2D eigenvalue weighted by atomic mass is 9.66. The molecule has 0 bridgehead atoms. The van der Waals surface area contributed by atoms with Crippen molar-refractivity contribution in [3.05, 3.63) is 18.6 Å². The summed E-state index contributed by atoms with van der Waals surface area (Å²) in [5, 5.41) is 25.7. The third-order valence-electron chi connectivity index (χ3n) is 7.79. The molecule has 3 fully saturated rings. The Morgan fingerprint density at radius 3 is 2.71 bits per heavy atom. The van der Waals surface area contributed by atoms with Crippen LogP contribution < -0.4 is 15.5 Å². The van der Waals surface area contributed by atoms with Crippen LogP contribution in [0.15, 0.2) is 18.6 Å². The number of aliphatic hydroxyl groups is 2. The van der Waals surface area contributed by atoms with E-state index in [0.717, 1.165) is 29.7 Å². The van der Waals surface area contributed by atoms with E-state index in [1.54, 1.807) is 0 Å². The number of alkyl halides is 2. The van der Waals surface area contributed by atoms with E-state index in [9.17, 15) is 28.6 Å². The van der Waals surface area contributed by atoms with Gasteiger partial charge in [0.05, 0.1) is 18.5 Å². The van der Waals surface area contributed by atoms with E-state index in [4.69, 9.17) is 0 Å². The Morgan fingerprint density at radius 2 is 2.03 bits per heavy atom. The van der Waals surface area contributed by atoms with Crippen molar-refractivity contribution >= 4 is 28.7 Å². The number of aliphatic hydroxyl groups excluding tert-OH is 2. The van der Waals surface area contributed by atoms with Gasteiger partial charge in [-0.15, -0.1) is 0 Å². The number of hydrogen-bond acceptors (Lipinski definition) is 7. The molecular weight excluding hydrogens is 462 g/mol. The molecule has 5 N–H and O–H groups in total. The molecule has 0 radical (unpaired) electrons. The van der Waals surface area contributed by atoms with E-state index in [-0.39, 0.29) is 30.3 Å². The van der Waals surface area contributed by atoms with Crippen molar-refractivity contribution in [2.24, 2.45) is 16.7 Å². The van der Waals surface area contributed by atoms with Crippen LogP contribution in [0.25, 0.3) is 11.0 Å². The zero-order valence-corrected chi connectivity index (χ0v) is 19.3. The Balaban J connectivity index is 1.12. The highest BCUT2D eigenvalue weighted by atomic mass is 19.3. The number of nitrogens with zero attached hydrogens (tertiary/aromatic N) is 3. The van der Waals surface area contributed by atoms with Crippen LogP contribution in [0.1, 0.15) is 32.1 Å². The molecule has 2 aromatic rings. The molecule has 2 aliphatic carbocycles. The summed E-state index contributed by atoms with van der Waals surface area (Å²) in [7, 11) is 0. The van der Waals surface area contributed by atoms with Crippen molar-refractivity contribution in [3.8, 4) is 0 Å². The van der Waals surface area contributed by atoms with Gasteiger partial charge in [0.2, 0.25) is 11.8 Å². The lowest BCUT2D eigenvalue weighted by molar-refractivity contribution is -0.175. The summed E-state index contributed by atoms with van der Waals surface area (Å²) in [5.74, 6) is -3.18. The van der Waals surface area contributed by atoms with Gasteiger partial charge in [-0.2, -0.15) is 0 Å². The predicted octanol–water partition coefficient (Wildman–Crippen LogP) is 0.566. The van der Waals surface area contributed by atoms with Gasteiger partial charge in [-0.25, -0.2) is 18.7 Å². The van der Waals surface area contributed by atoms with Gasteiger partial charge in [0.15, 0.2) is 0 Å². The Morgan fingerprint density at radius 1 is 1.26 bits per heavy atom. The van der Waals surface area contributed by atoms with Crippen molar-refractivity contribution in [1.29, 1.82) is 0 Å². The molecule has 3 aliphatic rings. The first-order chi connectivity index (χ1) is 16.7. The number of rotatable bonds is 8. The maximum atomic E-state index is 13.2. The minimum absolute atomic E-state index is 0.151. The molecule has 5 rings (SSSR count). The highest BCUT2D eigenvalue weighted by Crippen LogP contribution is 2.56. The molecule has 190 valence electrons. The monoisotopic (exact) mass is 492 g/mol. The molecule has 10 nitrogen and oxygen atoms in total. The molecule has 1 spiro atoms. The quantitative estimate of drug-likeness (QED) is 0.362. The fourth-order valence-corrected chi connectivity index (χ4v) is 5.67. The summed E-state index contributed by atoms with van der Waals surface area (Å²) in [6.45, 7) is 0.454. The maximum Gasteiger partial charge on any atom is 0.250 e. The molecule has 12 heteroatoms. The second-order valence-corrected chi connectivity index (χ2v) is 10.4. The Hall–Kier alpha value is -2.86. The fraction of sp³-hybridized carbons (Fsp3) is 0.652. The molecule has 1 unspecified atom stereocenters. The summed E-state index contributed by atoms with van der Waals surface area (Å²) < 4.78 is 26.4. The molecule has 35 heavy (non-hydrogen) atoms. The maximum absolute atomic E-state index is 13.2. The minimum atomic E-state index is -2.84. The number of piperidine rings is 1. The number of H-pyrrole nitrogens is 1. The van der Waals surface area contributed by atoms with E-state index in [1.165, 1.54) is 6.33 Å². The second kappa shape index (κ2) is 8.66. The average molecular weight is 493 g/mol. The molecule has 3 heterocycles. The summed E-state index contributed by atoms with van der Waals surface area (Å²) in [6, 6.07) is 1.94. The number of amides is 2. The third kappa shape index (κ3) is 4.56. The van der Waals surface area contributed by atoms with Gasteiger partial charge in [-0.1, -0.05) is 0 Å². The molecule has 2 amide bonds. The molecule has 2 aromatic heterocycles. The van der Waals surface area contributed by atoms with Crippen molar-refractivity contribution in [1.82, 2.24) is 25.6 Å². The first-order valence-corrected chi connectivity index (χ1v) is 11.9. The van der Waals surface area contributed by atoms with Gasteiger partial charge in [0, 0.05) is 50.0 Å². The van der Waals surface area contributed by atoms with Crippen molar-refractivity contribution < 1.29 is 28.6 Å². The van der Waals surface area contributed by atoms with Gasteiger partial charge in [-0.3, -0.25) is 9.59 Å². The average Bonchev–Trinajstić information content (AvgIpc) is 3.39. The molecule has 0 aromatic carbocycles. The van der Waals surface area contributed by atoms with E-state index >= 15 is 0 Å². The Kier molecular flexibility index (Phi) is 5.91. The van der Waals surface area contributed by atoms with Crippen molar-refractivity contribution in [2.45, 2.75) is 44.1 Å². The predicted molar refractivity (Wildman–Crippen MR) is 122 cm³/mol. The smallest absolute Gasteiger partial charge is 0.250 e. The molecular formula is C23H30F2N6O4. The third-order valence-corrected chi connectivity index (χ3v) is 7.79. The van der Waals surface area contributed by atoms with Crippen LogP contribution in [0, 0.1) is 16.7 Å². The first kappa shape index (κ1) is 23.9. The number of aromatic amines is 1. The van der Waals surface area contributed by atoms with Crippen LogP contribution in [-0.2, 0) is 9.59 Å². The number of carbonyl (C=O) groups excluding carboxylic acids is 2. The normalized spacial score (nSPS) is 24.6. The minimum Gasteiger partial charge on any atom is -0.396 e. The van der Waals surface area contributed by atoms with Gasteiger partial charge in [-0.05, 0) is 30.7 Å². The van der Waals surface area contributed by atoms with Crippen LogP contribution >= 0.6 is 0 Å². The van der Waals surface area contributed by atoms with Crippen LogP contribution in [0.2, 0.25) is 0 Å². The largest absolute Gasteiger partial charge is 0.396 e. The van der Waals surface area contributed by atoms with E-state index in [0.29, 0.717) is 19.5 Å². The number of aromatic nitrogens is 3. The zero-order chi connectivity index (χ0) is 24.8.